The lowest BCUT2D eigenvalue weighted by Gasteiger charge is -2.10. The van der Waals surface area contributed by atoms with Crippen molar-refractivity contribution in [3.63, 3.8) is 0 Å². The van der Waals surface area contributed by atoms with Gasteiger partial charge in [-0.05, 0) is 36.8 Å². The van der Waals surface area contributed by atoms with Crippen molar-refractivity contribution >= 4 is 21.7 Å². The first kappa shape index (κ1) is 15.1. The van der Waals surface area contributed by atoms with Crippen molar-refractivity contribution in [2.45, 2.75) is 11.8 Å². The van der Waals surface area contributed by atoms with Crippen molar-refractivity contribution in [1.29, 1.82) is 0 Å². The number of anilines is 1. The Morgan fingerprint density at radius 1 is 1.10 bits per heavy atom. The monoisotopic (exact) mass is 305 g/mol. The van der Waals surface area contributed by atoms with Crippen molar-refractivity contribution in [2.24, 2.45) is 0 Å². The molecule has 0 heterocycles. The molecular formula is C15H15NO4S. The van der Waals surface area contributed by atoms with Gasteiger partial charge < -0.3 is 4.74 Å². The van der Waals surface area contributed by atoms with E-state index in [1.165, 1.54) is 19.2 Å². The van der Waals surface area contributed by atoms with Crippen LogP contribution in [0.3, 0.4) is 0 Å². The number of methoxy groups -OCH3 is 1. The van der Waals surface area contributed by atoms with E-state index in [9.17, 15) is 13.2 Å². The number of rotatable bonds is 4. The van der Waals surface area contributed by atoms with Gasteiger partial charge in [0.05, 0.1) is 17.6 Å². The summed E-state index contributed by atoms with van der Waals surface area (Å²) in [6.45, 7) is 1.72. The third-order valence-electron chi connectivity index (χ3n) is 2.92. The molecule has 0 fully saturated rings. The smallest absolute Gasteiger partial charge is 0.337 e. The molecule has 0 saturated heterocycles. The Bertz CT molecular complexity index is 769. The lowest BCUT2D eigenvalue weighted by atomic mass is 10.2. The maximum atomic E-state index is 12.3. The zero-order chi connectivity index (χ0) is 15.5. The lowest BCUT2D eigenvalue weighted by Crippen LogP contribution is -2.14. The fraction of sp³-hybridized carbons (Fsp3) is 0.133. The summed E-state index contributed by atoms with van der Waals surface area (Å²) >= 11 is 0. The van der Waals surface area contributed by atoms with Crippen molar-refractivity contribution in [3.8, 4) is 0 Å². The van der Waals surface area contributed by atoms with Crippen LogP contribution in [0.15, 0.2) is 53.4 Å². The summed E-state index contributed by atoms with van der Waals surface area (Å²) in [6.07, 6.45) is 0. The molecule has 2 aromatic rings. The van der Waals surface area contributed by atoms with E-state index in [1.807, 2.05) is 0 Å². The minimum absolute atomic E-state index is 0.202. The van der Waals surface area contributed by atoms with Gasteiger partial charge in [-0.25, -0.2) is 13.2 Å². The highest BCUT2D eigenvalue weighted by Gasteiger charge is 2.17. The van der Waals surface area contributed by atoms with E-state index in [0.29, 0.717) is 11.3 Å². The van der Waals surface area contributed by atoms with Gasteiger partial charge in [-0.1, -0.05) is 24.3 Å². The molecule has 2 aromatic carbocycles. The number of ether oxygens (including phenoxy) is 1. The molecule has 1 N–H and O–H groups in total. The summed E-state index contributed by atoms with van der Waals surface area (Å²) in [6, 6.07) is 12.8. The number of hydrogen-bond acceptors (Lipinski definition) is 4. The summed E-state index contributed by atoms with van der Waals surface area (Å²) in [5.41, 5.74) is 1.23. The van der Waals surface area contributed by atoms with Gasteiger partial charge in [0, 0.05) is 5.69 Å². The van der Waals surface area contributed by atoms with Crippen LogP contribution in [0.2, 0.25) is 0 Å². The number of esters is 1. The van der Waals surface area contributed by atoms with E-state index < -0.39 is 16.0 Å². The van der Waals surface area contributed by atoms with E-state index in [0.717, 1.165) is 0 Å². The van der Waals surface area contributed by atoms with Crippen LogP contribution in [-0.2, 0) is 14.8 Å². The van der Waals surface area contributed by atoms with Crippen LogP contribution >= 0.6 is 0 Å². The molecule has 0 aromatic heterocycles. The molecule has 0 amide bonds. The first-order valence-corrected chi connectivity index (χ1v) is 7.69. The number of hydrogen-bond donors (Lipinski definition) is 1. The van der Waals surface area contributed by atoms with Gasteiger partial charge in [0.2, 0.25) is 0 Å². The minimum Gasteiger partial charge on any atom is -0.465 e. The highest BCUT2D eigenvalue weighted by atomic mass is 32.2. The molecule has 0 radical (unpaired) electrons. The fourth-order valence-corrected chi connectivity index (χ4v) is 3.19. The zero-order valence-electron chi connectivity index (χ0n) is 11.7. The average Bonchev–Trinajstić information content (AvgIpc) is 2.46. The average molecular weight is 305 g/mol. The van der Waals surface area contributed by atoms with E-state index in [4.69, 9.17) is 0 Å². The number of carbonyl (C=O) groups is 1. The molecule has 0 spiro atoms. The number of carbonyl (C=O) groups excluding carboxylic acids is 1. The van der Waals surface area contributed by atoms with Crippen LogP contribution in [0.1, 0.15) is 15.9 Å². The Hall–Kier alpha value is -2.34. The Balaban J connectivity index is 2.34. The predicted octanol–water partition coefficient (Wildman–Crippen LogP) is 2.58. The molecule has 0 atom stereocenters. The highest BCUT2D eigenvalue weighted by Crippen LogP contribution is 2.20. The van der Waals surface area contributed by atoms with Crippen LogP contribution in [0.4, 0.5) is 5.69 Å². The normalized spacial score (nSPS) is 11.0. The molecule has 0 unspecified atom stereocenters. The summed E-state index contributed by atoms with van der Waals surface area (Å²) in [5.74, 6) is -0.521. The Morgan fingerprint density at radius 3 is 2.48 bits per heavy atom. The minimum atomic E-state index is -3.70. The standard InChI is InChI=1S/C15H15NO4S/c1-11-6-3-4-9-14(11)21(18,19)16-13-8-5-7-12(10-13)15(17)20-2/h3-10,16H,1-2H3. The van der Waals surface area contributed by atoms with Gasteiger partial charge in [0.25, 0.3) is 10.0 Å². The third-order valence-corrected chi connectivity index (χ3v) is 4.46. The second kappa shape index (κ2) is 5.97. The Morgan fingerprint density at radius 2 is 1.81 bits per heavy atom. The van der Waals surface area contributed by atoms with Gasteiger partial charge in [-0.15, -0.1) is 0 Å². The van der Waals surface area contributed by atoms with Gasteiger partial charge in [0.15, 0.2) is 0 Å². The van der Waals surface area contributed by atoms with Crippen LogP contribution in [0, 0.1) is 6.92 Å². The molecule has 0 aliphatic carbocycles. The molecule has 0 saturated carbocycles. The third kappa shape index (κ3) is 3.41. The highest BCUT2D eigenvalue weighted by molar-refractivity contribution is 7.92. The van der Waals surface area contributed by atoms with E-state index >= 15 is 0 Å². The van der Waals surface area contributed by atoms with Crippen molar-refractivity contribution in [1.82, 2.24) is 0 Å². The first-order valence-electron chi connectivity index (χ1n) is 6.21. The fourth-order valence-electron chi connectivity index (χ4n) is 1.90. The van der Waals surface area contributed by atoms with Crippen molar-refractivity contribution in [2.75, 3.05) is 11.8 Å². The Kier molecular flexibility index (Phi) is 4.28. The number of aryl methyl sites for hydroxylation is 1. The first-order chi connectivity index (χ1) is 9.94. The SMILES string of the molecule is COC(=O)c1cccc(NS(=O)(=O)c2ccccc2C)c1. The topological polar surface area (TPSA) is 72.5 Å². The molecule has 0 aliphatic heterocycles. The Labute approximate surface area is 123 Å². The van der Waals surface area contributed by atoms with Gasteiger partial charge in [-0.2, -0.15) is 0 Å². The maximum absolute atomic E-state index is 12.3. The molecular weight excluding hydrogens is 290 g/mol. The van der Waals surface area contributed by atoms with E-state index in [-0.39, 0.29) is 10.5 Å². The van der Waals surface area contributed by atoms with Crippen molar-refractivity contribution in [3.05, 3.63) is 59.7 Å². The number of nitrogens with one attached hydrogen (secondary N) is 1. The van der Waals surface area contributed by atoms with Gasteiger partial charge >= 0.3 is 5.97 Å². The van der Waals surface area contributed by atoms with Gasteiger partial charge in [-0.3, -0.25) is 4.72 Å². The van der Waals surface area contributed by atoms with E-state index in [2.05, 4.69) is 9.46 Å². The summed E-state index contributed by atoms with van der Waals surface area (Å²) in [7, 11) is -2.42. The van der Waals surface area contributed by atoms with Crippen LogP contribution in [-0.4, -0.2) is 21.5 Å². The lowest BCUT2D eigenvalue weighted by molar-refractivity contribution is 0.0601. The summed E-state index contributed by atoms with van der Waals surface area (Å²) < 4.78 is 31.8. The molecule has 6 heteroatoms. The quantitative estimate of drug-likeness (QED) is 0.881. The molecule has 2 rings (SSSR count). The zero-order valence-corrected chi connectivity index (χ0v) is 12.5. The number of sulfonamides is 1. The second-order valence-electron chi connectivity index (χ2n) is 4.44. The molecule has 5 nitrogen and oxygen atoms in total. The van der Waals surface area contributed by atoms with Gasteiger partial charge in [0.1, 0.15) is 0 Å². The van der Waals surface area contributed by atoms with Crippen molar-refractivity contribution < 1.29 is 17.9 Å². The summed E-state index contributed by atoms with van der Waals surface area (Å²) in [4.78, 5) is 11.7. The largest absolute Gasteiger partial charge is 0.465 e. The number of benzene rings is 2. The molecule has 0 aliphatic rings. The van der Waals surface area contributed by atoms with E-state index in [1.54, 1.807) is 43.3 Å². The van der Waals surface area contributed by atoms with Crippen LogP contribution in [0.5, 0.6) is 0 Å². The van der Waals surface area contributed by atoms with Crippen LogP contribution < -0.4 is 4.72 Å². The second-order valence-corrected chi connectivity index (χ2v) is 6.09. The van der Waals surface area contributed by atoms with Crippen LogP contribution in [0.25, 0.3) is 0 Å². The molecule has 21 heavy (non-hydrogen) atoms. The maximum Gasteiger partial charge on any atom is 0.337 e. The molecule has 110 valence electrons. The molecule has 0 bridgehead atoms. The predicted molar refractivity (Wildman–Crippen MR) is 79.8 cm³/mol. The summed E-state index contributed by atoms with van der Waals surface area (Å²) in [5, 5.41) is 0.